The zero-order valence-electron chi connectivity index (χ0n) is 16.7. The molecular weight excluding hydrogens is 378 g/mol. The van der Waals surface area contributed by atoms with Crippen molar-refractivity contribution in [2.45, 2.75) is 26.8 Å². The second-order valence-corrected chi connectivity index (χ2v) is 7.24. The number of carbonyl (C=O) groups is 1. The molecule has 150 valence electrons. The fourth-order valence-electron chi connectivity index (χ4n) is 3.63. The molecule has 1 aliphatic heterocycles. The Kier molecular flexibility index (Phi) is 4.31. The van der Waals surface area contributed by atoms with Gasteiger partial charge in [0.25, 0.3) is 5.91 Å². The normalized spacial score (nSPS) is 12.7. The molecule has 0 saturated carbocycles. The summed E-state index contributed by atoms with van der Waals surface area (Å²) in [7, 11) is 0. The first-order valence-electron chi connectivity index (χ1n) is 9.87. The van der Waals surface area contributed by atoms with Crippen LogP contribution in [0, 0.1) is 6.92 Å². The van der Waals surface area contributed by atoms with Gasteiger partial charge in [0.15, 0.2) is 5.82 Å². The van der Waals surface area contributed by atoms with Gasteiger partial charge in [0.1, 0.15) is 5.82 Å². The quantitative estimate of drug-likeness (QED) is 0.477. The molecule has 2 aromatic heterocycles. The lowest BCUT2D eigenvalue weighted by atomic mass is 10.1. The van der Waals surface area contributed by atoms with Crippen molar-refractivity contribution in [2.24, 2.45) is 0 Å². The number of fused-ring (bicyclic) bond motifs is 1. The molecule has 5 rings (SSSR count). The Hall–Kier alpha value is -3.94. The molecule has 0 fully saturated rings. The number of aromatic amines is 1. The summed E-state index contributed by atoms with van der Waals surface area (Å²) in [4.78, 5) is 20.8. The lowest BCUT2D eigenvalue weighted by Crippen LogP contribution is -2.12. The Bertz CT molecular complexity index is 1240. The molecule has 0 saturated heterocycles. The van der Waals surface area contributed by atoms with Crippen LogP contribution >= 0.6 is 0 Å². The number of nitrogens with zero attached hydrogens (tertiary/aromatic N) is 4. The number of H-pyrrole nitrogens is 1. The van der Waals surface area contributed by atoms with Crippen molar-refractivity contribution in [1.29, 1.82) is 0 Å². The molecule has 0 spiro atoms. The average Bonchev–Trinajstić information content (AvgIpc) is 3.47. The molecule has 3 N–H and O–H groups in total. The number of benzene rings is 2. The van der Waals surface area contributed by atoms with Crippen LogP contribution in [0.3, 0.4) is 0 Å². The summed E-state index contributed by atoms with van der Waals surface area (Å²) in [6.45, 7) is 4.65. The maximum Gasteiger partial charge on any atom is 0.251 e. The smallest absolute Gasteiger partial charge is 0.251 e. The summed E-state index contributed by atoms with van der Waals surface area (Å²) in [5.74, 6) is 2.09. The van der Waals surface area contributed by atoms with E-state index in [2.05, 4.69) is 48.5 Å². The molecule has 1 amide bonds. The predicted molar refractivity (Wildman–Crippen MR) is 114 cm³/mol. The van der Waals surface area contributed by atoms with Crippen molar-refractivity contribution in [1.82, 2.24) is 30.0 Å². The maximum atomic E-state index is 11.7. The van der Waals surface area contributed by atoms with Crippen LogP contribution < -0.4 is 10.6 Å². The third-order valence-electron chi connectivity index (χ3n) is 5.24. The van der Waals surface area contributed by atoms with E-state index in [4.69, 9.17) is 0 Å². The third-order valence-corrected chi connectivity index (χ3v) is 5.24. The standard InChI is InChI=1S/C22H21N7O/c1-3-16-12-29(13(2)24-16)18-7-4-14(5-8-18)20-26-22(28-27-20)25-17-6-9-19-15(10-17)11-23-21(19)30/h4-10,12H,3,11H2,1-2H3,(H,23,30)(H2,25,26,27,28). The number of carbonyl (C=O) groups excluding carboxylic acids is 1. The van der Waals surface area contributed by atoms with Gasteiger partial charge in [0.2, 0.25) is 5.95 Å². The zero-order valence-corrected chi connectivity index (χ0v) is 16.7. The average molecular weight is 399 g/mol. The number of aromatic nitrogens is 5. The summed E-state index contributed by atoms with van der Waals surface area (Å²) >= 11 is 0. The van der Waals surface area contributed by atoms with Crippen molar-refractivity contribution in [2.75, 3.05) is 5.32 Å². The number of nitrogens with one attached hydrogen (secondary N) is 3. The number of hydrogen-bond donors (Lipinski definition) is 3. The molecule has 0 atom stereocenters. The maximum absolute atomic E-state index is 11.7. The van der Waals surface area contributed by atoms with Gasteiger partial charge >= 0.3 is 0 Å². The Balaban J connectivity index is 1.34. The lowest BCUT2D eigenvalue weighted by Gasteiger charge is -2.05. The van der Waals surface area contributed by atoms with Crippen LogP contribution in [-0.2, 0) is 13.0 Å². The van der Waals surface area contributed by atoms with Crippen LogP contribution in [-0.4, -0.2) is 30.6 Å². The van der Waals surface area contributed by atoms with Crippen LogP contribution in [0.5, 0.6) is 0 Å². The van der Waals surface area contributed by atoms with E-state index in [1.54, 1.807) is 0 Å². The third kappa shape index (κ3) is 3.22. The Morgan fingerprint density at radius 1 is 1.13 bits per heavy atom. The number of imidazole rings is 1. The van der Waals surface area contributed by atoms with E-state index in [0.29, 0.717) is 18.3 Å². The molecular formula is C22H21N7O. The van der Waals surface area contributed by atoms with Crippen LogP contribution in [0.15, 0.2) is 48.7 Å². The first-order chi connectivity index (χ1) is 14.6. The number of amides is 1. The topological polar surface area (TPSA) is 101 Å². The van der Waals surface area contributed by atoms with E-state index in [-0.39, 0.29) is 5.91 Å². The monoisotopic (exact) mass is 399 g/mol. The molecule has 8 nitrogen and oxygen atoms in total. The molecule has 1 aliphatic rings. The second-order valence-electron chi connectivity index (χ2n) is 7.24. The highest BCUT2D eigenvalue weighted by Gasteiger charge is 2.18. The lowest BCUT2D eigenvalue weighted by molar-refractivity contribution is 0.0966. The molecule has 0 bridgehead atoms. The first-order valence-corrected chi connectivity index (χ1v) is 9.87. The minimum Gasteiger partial charge on any atom is -0.348 e. The SMILES string of the molecule is CCc1cn(-c2ccc(-c3nc(Nc4ccc5c(c4)CNC5=O)n[nH]3)cc2)c(C)n1. The Morgan fingerprint density at radius 2 is 1.97 bits per heavy atom. The fraction of sp³-hybridized carbons (Fsp3) is 0.182. The molecule has 0 radical (unpaired) electrons. The highest BCUT2D eigenvalue weighted by molar-refractivity contribution is 5.98. The first kappa shape index (κ1) is 18.1. The highest BCUT2D eigenvalue weighted by Crippen LogP contribution is 2.24. The molecule has 2 aromatic carbocycles. The van der Waals surface area contributed by atoms with Crippen LogP contribution in [0.2, 0.25) is 0 Å². The highest BCUT2D eigenvalue weighted by atomic mass is 16.1. The summed E-state index contributed by atoms with van der Waals surface area (Å²) in [5, 5.41) is 13.2. The van der Waals surface area contributed by atoms with Gasteiger partial charge in [-0.1, -0.05) is 6.92 Å². The summed E-state index contributed by atoms with van der Waals surface area (Å²) in [6, 6.07) is 13.7. The van der Waals surface area contributed by atoms with E-state index in [0.717, 1.165) is 46.0 Å². The summed E-state index contributed by atoms with van der Waals surface area (Å²) in [6.07, 6.45) is 2.98. The van der Waals surface area contributed by atoms with Gasteiger partial charge in [0.05, 0.1) is 5.69 Å². The number of hydrogen-bond acceptors (Lipinski definition) is 5. The molecule has 8 heteroatoms. The largest absolute Gasteiger partial charge is 0.348 e. The summed E-state index contributed by atoms with van der Waals surface area (Å²) in [5.41, 5.74) is 5.61. The Labute approximate surface area is 173 Å². The summed E-state index contributed by atoms with van der Waals surface area (Å²) < 4.78 is 2.09. The minimum atomic E-state index is -0.0306. The molecule has 3 heterocycles. The van der Waals surface area contributed by atoms with Crippen LogP contribution in [0.25, 0.3) is 17.1 Å². The molecule has 0 aliphatic carbocycles. The number of aryl methyl sites for hydroxylation is 2. The van der Waals surface area contributed by atoms with Crippen LogP contribution in [0.4, 0.5) is 11.6 Å². The van der Waals surface area contributed by atoms with Crippen molar-refractivity contribution < 1.29 is 4.79 Å². The van der Waals surface area contributed by atoms with Gasteiger partial charge < -0.3 is 15.2 Å². The predicted octanol–water partition coefficient (Wildman–Crippen LogP) is 3.52. The van der Waals surface area contributed by atoms with E-state index in [1.807, 2.05) is 49.4 Å². The molecule has 0 unspecified atom stereocenters. The van der Waals surface area contributed by atoms with Crippen molar-refractivity contribution in [3.05, 3.63) is 71.3 Å². The van der Waals surface area contributed by atoms with Gasteiger partial charge in [-0.15, -0.1) is 5.10 Å². The van der Waals surface area contributed by atoms with Gasteiger partial charge in [0, 0.05) is 35.2 Å². The minimum absolute atomic E-state index is 0.0306. The fourth-order valence-corrected chi connectivity index (χ4v) is 3.63. The van der Waals surface area contributed by atoms with E-state index in [9.17, 15) is 4.79 Å². The van der Waals surface area contributed by atoms with Gasteiger partial charge in [-0.25, -0.2) is 4.98 Å². The van der Waals surface area contributed by atoms with E-state index >= 15 is 0 Å². The van der Waals surface area contributed by atoms with E-state index in [1.165, 1.54) is 0 Å². The van der Waals surface area contributed by atoms with Crippen LogP contribution in [0.1, 0.15) is 34.4 Å². The molecule has 4 aromatic rings. The van der Waals surface area contributed by atoms with Crippen molar-refractivity contribution in [3.8, 4) is 17.1 Å². The second kappa shape index (κ2) is 7.14. The van der Waals surface area contributed by atoms with Gasteiger partial charge in [-0.05, 0) is 61.4 Å². The van der Waals surface area contributed by atoms with Crippen molar-refractivity contribution in [3.63, 3.8) is 0 Å². The number of rotatable bonds is 5. The van der Waals surface area contributed by atoms with Gasteiger partial charge in [-0.2, -0.15) is 4.98 Å². The zero-order chi connectivity index (χ0) is 20.7. The van der Waals surface area contributed by atoms with Crippen molar-refractivity contribution >= 4 is 17.5 Å². The van der Waals surface area contributed by atoms with Gasteiger partial charge in [-0.3, -0.25) is 9.89 Å². The number of anilines is 2. The van der Waals surface area contributed by atoms with E-state index < -0.39 is 0 Å². The Morgan fingerprint density at radius 3 is 2.73 bits per heavy atom. The molecule has 30 heavy (non-hydrogen) atoms.